The monoisotopic (exact) mass is 339 g/mol. The first-order valence-electron chi connectivity index (χ1n) is 8.83. The third kappa shape index (κ3) is 3.01. The highest BCUT2D eigenvalue weighted by Crippen LogP contribution is 2.33. The summed E-state index contributed by atoms with van der Waals surface area (Å²) in [5.74, 6) is 0.504. The van der Waals surface area contributed by atoms with Crippen LogP contribution in [0.3, 0.4) is 0 Å². The van der Waals surface area contributed by atoms with Gasteiger partial charge in [0, 0.05) is 13.1 Å². The summed E-state index contributed by atoms with van der Waals surface area (Å²) in [5.41, 5.74) is 1.96. The van der Waals surface area contributed by atoms with Crippen molar-refractivity contribution in [3.8, 4) is 0 Å². The van der Waals surface area contributed by atoms with Crippen molar-refractivity contribution in [2.45, 2.75) is 45.2 Å². The van der Waals surface area contributed by atoms with Crippen molar-refractivity contribution in [1.82, 2.24) is 24.9 Å². The molecule has 3 aromatic rings. The summed E-state index contributed by atoms with van der Waals surface area (Å²) < 4.78 is 7.64. The Morgan fingerprint density at radius 3 is 3.04 bits per heavy atom. The quantitative estimate of drug-likeness (QED) is 0.729. The molecule has 0 spiro atoms. The molecule has 1 aliphatic heterocycles. The average molecular weight is 339 g/mol. The summed E-state index contributed by atoms with van der Waals surface area (Å²) in [6.07, 6.45) is 5.55. The largest absolute Gasteiger partial charge is 0.438 e. The molecule has 1 saturated heterocycles. The van der Waals surface area contributed by atoms with E-state index in [0.717, 1.165) is 43.3 Å². The molecule has 1 unspecified atom stereocenters. The van der Waals surface area contributed by atoms with Crippen LogP contribution in [0.5, 0.6) is 0 Å². The van der Waals surface area contributed by atoms with Gasteiger partial charge in [-0.05, 0) is 37.8 Å². The van der Waals surface area contributed by atoms with Crippen molar-refractivity contribution in [3.05, 3.63) is 42.0 Å². The molecular weight excluding hydrogens is 318 g/mol. The molecule has 0 N–H and O–H groups in total. The maximum Gasteiger partial charge on any atom is 0.276 e. The molecule has 7 nitrogen and oxygen atoms in total. The first kappa shape index (κ1) is 15.8. The molecule has 1 aliphatic rings. The Morgan fingerprint density at radius 2 is 2.20 bits per heavy atom. The lowest BCUT2D eigenvalue weighted by atomic mass is 10.0. The molecule has 0 aliphatic carbocycles. The van der Waals surface area contributed by atoms with Crippen LogP contribution >= 0.6 is 0 Å². The van der Waals surface area contributed by atoms with Crippen LogP contribution in [0.15, 0.2) is 34.9 Å². The first-order chi connectivity index (χ1) is 12.3. The van der Waals surface area contributed by atoms with E-state index in [9.17, 15) is 4.79 Å². The van der Waals surface area contributed by atoms with Gasteiger partial charge >= 0.3 is 0 Å². The van der Waals surface area contributed by atoms with Crippen LogP contribution < -0.4 is 0 Å². The molecule has 1 aromatic carbocycles. The van der Waals surface area contributed by atoms with Crippen LogP contribution in [-0.2, 0) is 6.54 Å². The fraction of sp³-hybridized carbons (Fsp3) is 0.444. The van der Waals surface area contributed by atoms with Crippen molar-refractivity contribution in [2.75, 3.05) is 6.54 Å². The molecule has 1 amide bonds. The second kappa shape index (κ2) is 6.66. The van der Waals surface area contributed by atoms with Gasteiger partial charge < -0.3 is 9.32 Å². The number of likely N-dealkylation sites (tertiary alicyclic amines) is 1. The van der Waals surface area contributed by atoms with Gasteiger partial charge in [0.05, 0.1) is 6.20 Å². The second-order valence-electron chi connectivity index (χ2n) is 6.40. The van der Waals surface area contributed by atoms with Gasteiger partial charge in [-0.3, -0.25) is 9.48 Å². The van der Waals surface area contributed by atoms with Crippen molar-refractivity contribution >= 4 is 17.0 Å². The summed E-state index contributed by atoms with van der Waals surface area (Å²) in [4.78, 5) is 19.4. The molecule has 4 rings (SSSR count). The van der Waals surface area contributed by atoms with Gasteiger partial charge in [0.2, 0.25) is 5.89 Å². The standard InChI is InChI=1S/C18H21N5O2/c1-2-10-22-12-14(20-21-22)18(24)23-11-6-5-8-15(23)17-19-13-7-3-4-9-16(13)25-17/h3-4,7,9,12,15H,2,5-6,8,10-11H2,1H3. The fourth-order valence-electron chi connectivity index (χ4n) is 3.35. The van der Waals surface area contributed by atoms with Crippen molar-refractivity contribution in [1.29, 1.82) is 0 Å². The fourth-order valence-corrected chi connectivity index (χ4v) is 3.35. The van der Waals surface area contributed by atoms with Gasteiger partial charge in [-0.2, -0.15) is 0 Å². The number of amides is 1. The van der Waals surface area contributed by atoms with E-state index in [1.807, 2.05) is 29.2 Å². The van der Waals surface area contributed by atoms with Gasteiger partial charge in [-0.25, -0.2) is 4.98 Å². The lowest BCUT2D eigenvalue weighted by molar-refractivity contribution is 0.0568. The van der Waals surface area contributed by atoms with Gasteiger partial charge in [0.15, 0.2) is 11.3 Å². The number of hydrogen-bond acceptors (Lipinski definition) is 5. The van der Waals surface area contributed by atoms with Crippen LogP contribution in [0.4, 0.5) is 0 Å². The number of oxazole rings is 1. The average Bonchev–Trinajstić information content (AvgIpc) is 3.28. The third-order valence-electron chi connectivity index (χ3n) is 4.57. The molecular formula is C18H21N5O2. The minimum Gasteiger partial charge on any atom is -0.438 e. The van der Waals surface area contributed by atoms with E-state index in [0.29, 0.717) is 18.1 Å². The number of benzene rings is 1. The highest BCUT2D eigenvalue weighted by atomic mass is 16.3. The molecule has 0 radical (unpaired) electrons. The number of nitrogens with zero attached hydrogens (tertiary/aromatic N) is 5. The molecule has 130 valence electrons. The van der Waals surface area contributed by atoms with Crippen LogP contribution in [0.2, 0.25) is 0 Å². The van der Waals surface area contributed by atoms with E-state index in [1.165, 1.54) is 0 Å². The van der Waals surface area contributed by atoms with E-state index in [2.05, 4.69) is 22.2 Å². The minimum absolute atomic E-state index is 0.102. The zero-order valence-corrected chi connectivity index (χ0v) is 14.3. The summed E-state index contributed by atoms with van der Waals surface area (Å²) in [6, 6.07) is 7.53. The van der Waals surface area contributed by atoms with Gasteiger partial charge in [0.25, 0.3) is 5.91 Å². The summed E-state index contributed by atoms with van der Waals surface area (Å²) >= 11 is 0. The van der Waals surface area contributed by atoms with E-state index >= 15 is 0 Å². The van der Waals surface area contributed by atoms with Crippen molar-refractivity contribution < 1.29 is 9.21 Å². The third-order valence-corrected chi connectivity index (χ3v) is 4.57. The predicted molar refractivity (Wildman–Crippen MR) is 92.0 cm³/mol. The SMILES string of the molecule is CCCn1cc(C(=O)N2CCCCC2c2nc3ccccc3o2)nn1. The predicted octanol–water partition coefficient (Wildman–Crippen LogP) is 3.20. The number of carbonyl (C=O) groups is 1. The van der Waals surface area contributed by atoms with Crippen LogP contribution in [0, 0.1) is 0 Å². The summed E-state index contributed by atoms with van der Waals surface area (Å²) in [5, 5.41) is 8.09. The number of aromatic nitrogens is 4. The maximum atomic E-state index is 13.0. The molecule has 1 fully saturated rings. The van der Waals surface area contributed by atoms with Gasteiger partial charge in [-0.15, -0.1) is 5.10 Å². The molecule has 25 heavy (non-hydrogen) atoms. The van der Waals surface area contributed by atoms with Gasteiger partial charge in [0.1, 0.15) is 11.6 Å². The lowest BCUT2D eigenvalue weighted by Gasteiger charge is -2.33. The first-order valence-corrected chi connectivity index (χ1v) is 8.83. The number of hydrogen-bond donors (Lipinski definition) is 0. The Kier molecular flexibility index (Phi) is 4.21. The Morgan fingerprint density at radius 1 is 1.32 bits per heavy atom. The zero-order chi connectivity index (χ0) is 17.2. The van der Waals surface area contributed by atoms with E-state index in [1.54, 1.807) is 10.9 Å². The Balaban J connectivity index is 1.62. The Hall–Kier alpha value is -2.70. The number of piperidine rings is 1. The van der Waals surface area contributed by atoms with Gasteiger partial charge in [-0.1, -0.05) is 24.3 Å². The lowest BCUT2D eigenvalue weighted by Crippen LogP contribution is -2.38. The number of aryl methyl sites for hydroxylation is 1. The maximum absolute atomic E-state index is 13.0. The van der Waals surface area contributed by atoms with E-state index < -0.39 is 0 Å². The number of carbonyl (C=O) groups excluding carboxylic acids is 1. The molecule has 2 aromatic heterocycles. The van der Waals surface area contributed by atoms with Crippen molar-refractivity contribution in [3.63, 3.8) is 0 Å². The molecule has 0 saturated carbocycles. The van der Waals surface area contributed by atoms with Crippen molar-refractivity contribution in [2.24, 2.45) is 0 Å². The highest BCUT2D eigenvalue weighted by Gasteiger charge is 2.33. The molecule has 3 heterocycles. The molecule has 1 atom stereocenters. The number of fused-ring (bicyclic) bond motifs is 1. The number of rotatable bonds is 4. The van der Waals surface area contributed by atoms with Crippen LogP contribution in [0.1, 0.15) is 55.0 Å². The molecule has 7 heteroatoms. The van der Waals surface area contributed by atoms with Crippen LogP contribution in [-0.4, -0.2) is 37.3 Å². The second-order valence-corrected chi connectivity index (χ2v) is 6.40. The Labute approximate surface area is 145 Å². The molecule has 0 bridgehead atoms. The topological polar surface area (TPSA) is 77.0 Å². The highest BCUT2D eigenvalue weighted by molar-refractivity contribution is 5.92. The van der Waals surface area contributed by atoms with E-state index in [4.69, 9.17) is 4.42 Å². The summed E-state index contributed by atoms with van der Waals surface area (Å²) in [6.45, 7) is 3.51. The smallest absolute Gasteiger partial charge is 0.276 e. The minimum atomic E-state index is -0.148. The normalized spacial score (nSPS) is 18.0. The Bertz CT molecular complexity index is 851. The van der Waals surface area contributed by atoms with Crippen LogP contribution in [0.25, 0.3) is 11.1 Å². The summed E-state index contributed by atoms with van der Waals surface area (Å²) in [7, 11) is 0. The number of para-hydroxylation sites is 2. The van der Waals surface area contributed by atoms with E-state index in [-0.39, 0.29) is 11.9 Å². The zero-order valence-electron chi connectivity index (χ0n) is 14.3.